The van der Waals surface area contributed by atoms with E-state index < -0.39 is 23.2 Å². The van der Waals surface area contributed by atoms with E-state index in [0.717, 1.165) is 38.5 Å². The van der Waals surface area contributed by atoms with Gasteiger partial charge in [-0.1, -0.05) is 43.9 Å². The van der Waals surface area contributed by atoms with Gasteiger partial charge in [-0.15, -0.1) is 0 Å². The highest BCUT2D eigenvalue weighted by Gasteiger charge is 2.48. The first-order valence-electron chi connectivity index (χ1n) is 11.9. The summed E-state index contributed by atoms with van der Waals surface area (Å²) >= 11 is 0. The lowest BCUT2D eigenvalue weighted by Gasteiger charge is -2.44. The number of halogens is 1. The Bertz CT molecular complexity index is 1080. The van der Waals surface area contributed by atoms with Crippen LogP contribution in [0.2, 0.25) is 0 Å². The van der Waals surface area contributed by atoms with Crippen LogP contribution < -0.4 is 5.32 Å². The highest BCUT2D eigenvalue weighted by Crippen LogP contribution is 2.31. The molecule has 8 nitrogen and oxygen atoms in total. The Labute approximate surface area is 198 Å². The molecule has 1 atom stereocenters. The Balaban J connectivity index is 1.69. The molecule has 0 radical (unpaired) electrons. The van der Waals surface area contributed by atoms with Gasteiger partial charge in [0.25, 0.3) is 5.91 Å². The second-order valence-corrected chi connectivity index (χ2v) is 9.21. The van der Waals surface area contributed by atoms with E-state index in [-0.39, 0.29) is 43.0 Å². The lowest BCUT2D eigenvalue weighted by atomic mass is 9.93. The Kier molecular flexibility index (Phi) is 7.00. The van der Waals surface area contributed by atoms with Crippen LogP contribution in [0.1, 0.15) is 78.9 Å². The normalized spacial score (nSPS) is 21.0. The average molecular weight is 471 g/mol. The van der Waals surface area contributed by atoms with Crippen LogP contribution in [-0.2, 0) is 22.6 Å². The van der Waals surface area contributed by atoms with Gasteiger partial charge < -0.3 is 15.0 Å². The van der Waals surface area contributed by atoms with Crippen LogP contribution in [0.5, 0.6) is 0 Å². The van der Waals surface area contributed by atoms with Gasteiger partial charge in [-0.3, -0.25) is 14.3 Å². The summed E-state index contributed by atoms with van der Waals surface area (Å²) in [4.78, 5) is 40.9. The molecule has 0 unspecified atom stereocenters. The van der Waals surface area contributed by atoms with Crippen molar-refractivity contribution in [3.8, 4) is 0 Å². The number of aromatic nitrogens is 2. The number of esters is 1. The van der Waals surface area contributed by atoms with Crippen LogP contribution in [-0.4, -0.2) is 50.7 Å². The van der Waals surface area contributed by atoms with Crippen molar-refractivity contribution in [2.75, 3.05) is 6.61 Å². The summed E-state index contributed by atoms with van der Waals surface area (Å²) in [6.07, 6.45) is 6.17. The maximum absolute atomic E-state index is 14.5. The third-order valence-corrected chi connectivity index (χ3v) is 6.75. The van der Waals surface area contributed by atoms with Crippen LogP contribution in [0.3, 0.4) is 0 Å². The van der Waals surface area contributed by atoms with Gasteiger partial charge in [0, 0.05) is 17.7 Å². The molecule has 1 fully saturated rings. The van der Waals surface area contributed by atoms with Gasteiger partial charge in [0.05, 0.1) is 19.7 Å². The highest BCUT2D eigenvalue weighted by atomic mass is 19.1. The van der Waals surface area contributed by atoms with Gasteiger partial charge in [-0.2, -0.15) is 5.10 Å². The number of nitrogens with one attached hydrogen (secondary N) is 1. The monoisotopic (exact) mass is 470 g/mol. The molecule has 1 aromatic heterocycles. The number of benzene rings is 1. The van der Waals surface area contributed by atoms with E-state index in [4.69, 9.17) is 4.74 Å². The minimum absolute atomic E-state index is 0.00414. The summed E-state index contributed by atoms with van der Waals surface area (Å²) in [5.74, 6) is -1.88. The molecule has 34 heavy (non-hydrogen) atoms. The van der Waals surface area contributed by atoms with E-state index in [9.17, 15) is 18.8 Å². The second-order valence-electron chi connectivity index (χ2n) is 9.21. The van der Waals surface area contributed by atoms with E-state index in [2.05, 4.69) is 10.4 Å². The van der Waals surface area contributed by atoms with Gasteiger partial charge in [0.2, 0.25) is 5.91 Å². The quantitative estimate of drug-likeness (QED) is 0.516. The fourth-order valence-corrected chi connectivity index (χ4v) is 4.76. The molecule has 2 aliphatic rings. The number of carbonyl (C=O) groups is 3. The van der Waals surface area contributed by atoms with Crippen molar-refractivity contribution in [1.82, 2.24) is 20.0 Å². The smallest absolute Gasteiger partial charge is 0.358 e. The number of amides is 2. The average Bonchev–Trinajstić information content (AvgIpc) is 3.07. The van der Waals surface area contributed by atoms with Gasteiger partial charge in [-0.25, -0.2) is 9.18 Å². The summed E-state index contributed by atoms with van der Waals surface area (Å²) in [6.45, 7) is 3.49. The lowest BCUT2D eigenvalue weighted by molar-refractivity contribution is -0.134. The molecule has 0 spiro atoms. The van der Waals surface area contributed by atoms with Crippen molar-refractivity contribution in [1.29, 1.82) is 0 Å². The molecule has 2 aromatic rings. The predicted molar refractivity (Wildman–Crippen MR) is 122 cm³/mol. The Morgan fingerprint density at radius 1 is 1.21 bits per heavy atom. The molecule has 1 aromatic carbocycles. The molecular weight excluding hydrogens is 439 g/mol. The van der Waals surface area contributed by atoms with E-state index >= 15 is 0 Å². The molecule has 182 valence electrons. The predicted octanol–water partition coefficient (Wildman–Crippen LogP) is 3.45. The van der Waals surface area contributed by atoms with E-state index in [1.165, 1.54) is 21.7 Å². The maximum Gasteiger partial charge on any atom is 0.358 e. The van der Waals surface area contributed by atoms with Crippen LogP contribution in [0.25, 0.3) is 0 Å². The first kappa shape index (κ1) is 23.9. The first-order chi connectivity index (χ1) is 16.3. The van der Waals surface area contributed by atoms with E-state index in [0.29, 0.717) is 5.56 Å². The van der Waals surface area contributed by atoms with Crippen molar-refractivity contribution >= 4 is 17.8 Å². The van der Waals surface area contributed by atoms with Crippen LogP contribution in [0.4, 0.5) is 4.39 Å². The lowest BCUT2D eigenvalue weighted by Crippen LogP contribution is -2.64. The largest absolute Gasteiger partial charge is 0.461 e. The number of ether oxygens (including phenoxy) is 1. The molecular formula is C25H31FN4O4. The third-order valence-electron chi connectivity index (χ3n) is 6.75. The molecule has 1 aliphatic heterocycles. The van der Waals surface area contributed by atoms with Crippen LogP contribution >= 0.6 is 0 Å². The molecule has 0 saturated heterocycles. The molecule has 1 N–H and O–H groups in total. The van der Waals surface area contributed by atoms with Crippen molar-refractivity contribution in [2.24, 2.45) is 0 Å². The highest BCUT2D eigenvalue weighted by molar-refractivity contribution is 6.01. The number of hydrogen-bond donors (Lipinski definition) is 1. The summed E-state index contributed by atoms with van der Waals surface area (Å²) in [5.41, 5.74) is -0.845. The maximum atomic E-state index is 14.5. The van der Waals surface area contributed by atoms with Gasteiger partial charge >= 0.3 is 5.97 Å². The zero-order valence-electron chi connectivity index (χ0n) is 19.7. The number of nitrogens with zero attached hydrogens (tertiary/aromatic N) is 3. The zero-order chi connectivity index (χ0) is 24.3. The number of hydrogen-bond acceptors (Lipinski definition) is 5. The zero-order valence-corrected chi connectivity index (χ0v) is 19.7. The molecule has 9 heteroatoms. The third kappa shape index (κ3) is 4.69. The SMILES string of the molecule is CCOC(=O)c1cc2n(n1)C[C@@](C)(C(=O)NC1CCCCCC1)N(Cc1ccccc1F)C2=O. The molecule has 4 rings (SSSR count). The Hall–Kier alpha value is -3.23. The Morgan fingerprint density at radius 2 is 1.91 bits per heavy atom. The molecule has 1 saturated carbocycles. The Morgan fingerprint density at radius 3 is 2.59 bits per heavy atom. The van der Waals surface area contributed by atoms with Crippen LogP contribution in [0, 0.1) is 5.82 Å². The van der Waals surface area contributed by atoms with Gasteiger partial charge in [0.15, 0.2) is 5.69 Å². The summed E-state index contributed by atoms with van der Waals surface area (Å²) in [6, 6.07) is 7.61. The van der Waals surface area contributed by atoms with E-state index in [1.807, 2.05) is 0 Å². The molecule has 0 bridgehead atoms. The van der Waals surface area contributed by atoms with Crippen LogP contribution in [0.15, 0.2) is 30.3 Å². The van der Waals surface area contributed by atoms with Crippen molar-refractivity contribution in [3.05, 3.63) is 53.1 Å². The number of fused-ring (bicyclic) bond motifs is 1. The van der Waals surface area contributed by atoms with Crippen molar-refractivity contribution < 1.29 is 23.5 Å². The minimum Gasteiger partial charge on any atom is -0.461 e. The molecule has 2 heterocycles. The van der Waals surface area contributed by atoms with Crippen molar-refractivity contribution in [3.63, 3.8) is 0 Å². The minimum atomic E-state index is -1.32. The fourth-order valence-electron chi connectivity index (χ4n) is 4.76. The first-order valence-corrected chi connectivity index (χ1v) is 11.9. The second kappa shape index (κ2) is 9.95. The van der Waals surface area contributed by atoms with E-state index in [1.54, 1.807) is 32.0 Å². The molecule has 1 aliphatic carbocycles. The summed E-state index contributed by atoms with van der Waals surface area (Å²) < 4.78 is 20.9. The topological polar surface area (TPSA) is 93.5 Å². The van der Waals surface area contributed by atoms with Gasteiger partial charge in [0.1, 0.15) is 17.1 Å². The summed E-state index contributed by atoms with van der Waals surface area (Å²) in [7, 11) is 0. The standard InChI is InChI=1S/C25H31FN4O4/c1-3-34-23(32)20-14-21-22(31)29(15-17-10-8-9-13-19(17)26)25(2,16-30(21)28-20)24(33)27-18-11-6-4-5-7-12-18/h8-10,13-14,18H,3-7,11-12,15-16H2,1-2H3,(H,27,33)/t25-/m0/s1. The van der Waals surface area contributed by atoms with Crippen molar-refractivity contribution in [2.45, 2.75) is 77.0 Å². The fraction of sp³-hybridized carbons (Fsp3) is 0.520. The number of carbonyl (C=O) groups excluding carboxylic acids is 3. The van der Waals surface area contributed by atoms with Gasteiger partial charge in [-0.05, 0) is 32.8 Å². The molecule has 2 amide bonds. The number of rotatable bonds is 6. The summed E-state index contributed by atoms with van der Waals surface area (Å²) in [5, 5.41) is 7.40.